The van der Waals surface area contributed by atoms with Gasteiger partial charge in [-0.3, -0.25) is 23.2 Å². The van der Waals surface area contributed by atoms with Gasteiger partial charge in [0.15, 0.2) is 0 Å². The van der Waals surface area contributed by atoms with Gasteiger partial charge in [0.2, 0.25) is 5.91 Å². The van der Waals surface area contributed by atoms with Crippen LogP contribution in [0.5, 0.6) is 0 Å². The SMILES string of the molecule is C=CCOP(=O)(OCCC)OCC(CC(CCCCCCCCCC)OC(C)=O)NC(C)=O. The zero-order valence-corrected chi connectivity index (χ0v) is 22.0. The van der Waals surface area contributed by atoms with Gasteiger partial charge < -0.3 is 10.1 Å². The lowest BCUT2D eigenvalue weighted by Crippen LogP contribution is -2.40. The molecule has 0 aromatic rings. The van der Waals surface area contributed by atoms with Gasteiger partial charge in [-0.1, -0.05) is 64.9 Å². The summed E-state index contributed by atoms with van der Waals surface area (Å²) in [5.74, 6) is -0.623. The van der Waals surface area contributed by atoms with Crippen LogP contribution < -0.4 is 5.32 Å². The largest absolute Gasteiger partial charge is 0.475 e. The Balaban J connectivity index is 4.84. The van der Waals surface area contributed by atoms with Crippen molar-refractivity contribution in [3.05, 3.63) is 12.7 Å². The predicted octanol–water partition coefficient (Wildman–Crippen LogP) is 6.10. The van der Waals surface area contributed by atoms with Crippen molar-refractivity contribution in [3.8, 4) is 0 Å². The Morgan fingerprint density at radius 2 is 1.58 bits per heavy atom. The molecule has 0 aliphatic carbocycles. The molecule has 0 fully saturated rings. The van der Waals surface area contributed by atoms with E-state index < -0.39 is 13.9 Å². The number of rotatable bonds is 22. The van der Waals surface area contributed by atoms with Gasteiger partial charge in [-0.2, -0.15) is 0 Å². The maximum atomic E-state index is 12.8. The number of hydrogen-bond acceptors (Lipinski definition) is 7. The summed E-state index contributed by atoms with van der Waals surface area (Å²) in [6.45, 7) is 10.5. The molecule has 0 aromatic heterocycles. The summed E-state index contributed by atoms with van der Waals surface area (Å²) in [6, 6.07) is -0.508. The third-order valence-electron chi connectivity index (χ3n) is 4.90. The van der Waals surface area contributed by atoms with Crippen LogP contribution >= 0.6 is 7.82 Å². The number of ether oxygens (including phenoxy) is 1. The molecule has 0 aliphatic rings. The van der Waals surface area contributed by atoms with Crippen LogP contribution in [0.2, 0.25) is 0 Å². The first-order valence-electron chi connectivity index (χ1n) is 12.3. The van der Waals surface area contributed by atoms with Gasteiger partial charge >= 0.3 is 13.8 Å². The van der Waals surface area contributed by atoms with Crippen LogP contribution in [0, 0.1) is 0 Å². The molecule has 3 unspecified atom stereocenters. The zero-order valence-electron chi connectivity index (χ0n) is 21.1. The second kappa shape index (κ2) is 20.2. The lowest BCUT2D eigenvalue weighted by Gasteiger charge is -2.25. The Bertz CT molecular complexity index is 585. The average Bonchev–Trinajstić information content (AvgIpc) is 2.75. The Hall–Kier alpha value is -1.21. The zero-order chi connectivity index (χ0) is 25.0. The summed E-state index contributed by atoms with van der Waals surface area (Å²) in [5, 5.41) is 2.79. The molecule has 0 spiro atoms. The third-order valence-corrected chi connectivity index (χ3v) is 6.33. The minimum Gasteiger partial charge on any atom is -0.462 e. The second-order valence-electron chi connectivity index (χ2n) is 8.29. The van der Waals surface area contributed by atoms with Crippen LogP contribution in [0.4, 0.5) is 0 Å². The fraction of sp³-hybridized carbons (Fsp3) is 0.833. The van der Waals surface area contributed by atoms with E-state index in [2.05, 4.69) is 18.8 Å². The van der Waals surface area contributed by atoms with E-state index in [1.54, 1.807) is 0 Å². The Morgan fingerprint density at radius 1 is 0.939 bits per heavy atom. The molecule has 0 aromatic carbocycles. The van der Waals surface area contributed by atoms with Gasteiger partial charge in [0.1, 0.15) is 6.10 Å². The van der Waals surface area contributed by atoms with E-state index in [4.69, 9.17) is 18.3 Å². The molecule has 0 heterocycles. The van der Waals surface area contributed by atoms with E-state index in [0.29, 0.717) is 19.3 Å². The quantitative estimate of drug-likeness (QED) is 0.0845. The normalized spacial score (nSPS) is 14.8. The molecular weight excluding hydrogens is 445 g/mol. The molecule has 0 bridgehead atoms. The van der Waals surface area contributed by atoms with Crippen molar-refractivity contribution in [2.75, 3.05) is 19.8 Å². The van der Waals surface area contributed by atoms with Crippen LogP contribution in [0.3, 0.4) is 0 Å². The Morgan fingerprint density at radius 3 is 2.12 bits per heavy atom. The smallest absolute Gasteiger partial charge is 0.462 e. The number of nitrogens with one attached hydrogen (secondary N) is 1. The van der Waals surface area contributed by atoms with Crippen molar-refractivity contribution in [1.82, 2.24) is 5.32 Å². The fourth-order valence-electron chi connectivity index (χ4n) is 3.38. The van der Waals surface area contributed by atoms with Crippen molar-refractivity contribution in [1.29, 1.82) is 0 Å². The molecule has 0 saturated heterocycles. The first kappa shape index (κ1) is 31.8. The minimum atomic E-state index is -3.79. The van der Waals surface area contributed by atoms with E-state index in [1.807, 2.05) is 6.92 Å². The van der Waals surface area contributed by atoms with Crippen molar-refractivity contribution in [2.45, 2.75) is 110 Å². The molecule has 0 rings (SSSR count). The van der Waals surface area contributed by atoms with Gasteiger partial charge in [0, 0.05) is 20.3 Å². The Kier molecular flexibility index (Phi) is 19.4. The lowest BCUT2D eigenvalue weighted by atomic mass is 10.0. The highest BCUT2D eigenvalue weighted by Gasteiger charge is 2.29. The molecule has 8 nitrogen and oxygen atoms in total. The van der Waals surface area contributed by atoms with Crippen LogP contribution in [-0.2, 0) is 32.5 Å². The molecule has 3 atom stereocenters. The van der Waals surface area contributed by atoms with E-state index >= 15 is 0 Å². The van der Waals surface area contributed by atoms with Crippen LogP contribution in [0.15, 0.2) is 12.7 Å². The monoisotopic (exact) mass is 491 g/mol. The molecule has 194 valence electrons. The van der Waals surface area contributed by atoms with Gasteiger partial charge in [-0.05, 0) is 19.3 Å². The molecule has 9 heteroatoms. The number of esters is 1. The standard InChI is InChI=1S/C24H46NO7P/c1-6-9-10-11-12-13-14-15-16-24(32-22(5)27)19-23(25-21(4)26)20-31-33(28,29-17-7-2)30-18-8-3/h7,23-24H,2,6,8-20H2,1,3-5H3,(H,25,26). The highest BCUT2D eigenvalue weighted by Crippen LogP contribution is 2.49. The molecule has 1 amide bonds. The number of unbranched alkanes of at least 4 members (excludes halogenated alkanes) is 7. The molecule has 0 radical (unpaired) electrons. The molecular formula is C24H46NO7P. The van der Waals surface area contributed by atoms with E-state index in [1.165, 1.54) is 52.0 Å². The summed E-state index contributed by atoms with van der Waals surface area (Å²) in [5.41, 5.74) is 0. The maximum absolute atomic E-state index is 12.8. The van der Waals surface area contributed by atoms with Crippen LogP contribution in [0.1, 0.15) is 98.3 Å². The Labute approximate surface area is 200 Å². The topological polar surface area (TPSA) is 100 Å². The van der Waals surface area contributed by atoms with Crippen molar-refractivity contribution >= 4 is 19.7 Å². The molecule has 0 saturated carbocycles. The van der Waals surface area contributed by atoms with E-state index in [0.717, 1.165) is 19.3 Å². The van der Waals surface area contributed by atoms with Gasteiger partial charge in [-0.15, -0.1) is 6.58 Å². The van der Waals surface area contributed by atoms with Crippen LogP contribution in [-0.4, -0.2) is 43.8 Å². The van der Waals surface area contributed by atoms with E-state index in [-0.39, 0.29) is 37.8 Å². The minimum absolute atomic E-state index is 0.0142. The van der Waals surface area contributed by atoms with E-state index in [9.17, 15) is 14.2 Å². The summed E-state index contributed by atoms with van der Waals surface area (Å²) in [4.78, 5) is 23.3. The number of phosphoric acid groups is 1. The first-order valence-corrected chi connectivity index (χ1v) is 13.8. The number of amides is 1. The summed E-state index contributed by atoms with van der Waals surface area (Å²) in [6.07, 6.45) is 12.2. The van der Waals surface area contributed by atoms with Crippen LogP contribution in [0.25, 0.3) is 0 Å². The maximum Gasteiger partial charge on any atom is 0.475 e. The van der Waals surface area contributed by atoms with Gasteiger partial charge in [0.25, 0.3) is 0 Å². The predicted molar refractivity (Wildman–Crippen MR) is 131 cm³/mol. The van der Waals surface area contributed by atoms with Crippen molar-refractivity contribution in [3.63, 3.8) is 0 Å². The summed E-state index contributed by atoms with van der Waals surface area (Å²) in [7, 11) is -3.79. The molecule has 0 aliphatic heterocycles. The van der Waals surface area contributed by atoms with Gasteiger partial charge in [0.05, 0.1) is 25.9 Å². The summed E-state index contributed by atoms with van der Waals surface area (Å²) < 4.78 is 34.3. The second-order valence-corrected chi connectivity index (χ2v) is 9.96. The number of carbonyl (C=O) groups excluding carboxylic acids is 2. The lowest BCUT2D eigenvalue weighted by molar-refractivity contribution is -0.147. The highest BCUT2D eigenvalue weighted by molar-refractivity contribution is 7.48. The average molecular weight is 492 g/mol. The first-order chi connectivity index (χ1) is 15.8. The number of hydrogen-bond donors (Lipinski definition) is 1. The van der Waals surface area contributed by atoms with Gasteiger partial charge in [-0.25, -0.2) is 4.57 Å². The number of carbonyl (C=O) groups is 2. The highest BCUT2D eigenvalue weighted by atomic mass is 31.2. The third kappa shape index (κ3) is 18.9. The number of phosphoric ester groups is 1. The molecule has 1 N–H and O–H groups in total. The fourth-order valence-corrected chi connectivity index (χ4v) is 4.66. The van der Waals surface area contributed by atoms with Crippen molar-refractivity contribution in [2.24, 2.45) is 0 Å². The summed E-state index contributed by atoms with van der Waals surface area (Å²) >= 11 is 0. The van der Waals surface area contributed by atoms with Crippen molar-refractivity contribution < 1.29 is 32.5 Å². The molecule has 33 heavy (non-hydrogen) atoms.